The number of thiazole rings is 1. The van der Waals surface area contributed by atoms with Crippen LogP contribution in [0.15, 0.2) is 46.8 Å². The Balaban J connectivity index is 2.08. The zero-order chi connectivity index (χ0) is 20.1. The smallest absolute Gasteiger partial charge is 0.188 e. The summed E-state index contributed by atoms with van der Waals surface area (Å²) in [5.74, 6) is 0. The molecule has 1 aromatic carbocycles. The van der Waals surface area contributed by atoms with Gasteiger partial charge in [-0.25, -0.2) is 15.0 Å². The van der Waals surface area contributed by atoms with E-state index in [1.54, 1.807) is 11.3 Å². The predicted octanol–water partition coefficient (Wildman–Crippen LogP) is 6.18. The summed E-state index contributed by atoms with van der Waals surface area (Å²) in [6.07, 6.45) is 3.79. The highest BCUT2D eigenvalue weighted by molar-refractivity contribution is 7.98. The third kappa shape index (κ3) is 4.62. The van der Waals surface area contributed by atoms with E-state index in [0.717, 1.165) is 32.5 Å². The van der Waals surface area contributed by atoms with E-state index in [1.807, 2.05) is 49.7 Å². The molecule has 28 heavy (non-hydrogen) atoms. The summed E-state index contributed by atoms with van der Waals surface area (Å²) in [5, 5.41) is 8.73. The first kappa shape index (κ1) is 20.1. The van der Waals surface area contributed by atoms with Crippen LogP contribution in [0.5, 0.6) is 0 Å². The minimum atomic E-state index is -0.289. The van der Waals surface area contributed by atoms with Gasteiger partial charge in [0.05, 0.1) is 22.3 Å². The largest absolute Gasteiger partial charge is 0.359 e. The van der Waals surface area contributed by atoms with E-state index in [-0.39, 0.29) is 6.04 Å². The number of nitrogens with one attached hydrogen (secondary N) is 1. The minimum Gasteiger partial charge on any atom is -0.359 e. The van der Waals surface area contributed by atoms with E-state index in [0.29, 0.717) is 11.2 Å². The van der Waals surface area contributed by atoms with Gasteiger partial charge in [-0.2, -0.15) is 0 Å². The fraction of sp³-hybridized carbons (Fsp3) is 0.316. The van der Waals surface area contributed by atoms with Gasteiger partial charge in [-0.1, -0.05) is 59.4 Å². The maximum Gasteiger partial charge on any atom is 0.188 e. The predicted molar refractivity (Wildman–Crippen MR) is 117 cm³/mol. The molecular formula is C19H21N7S2. The summed E-state index contributed by atoms with van der Waals surface area (Å²) in [6.45, 7) is 6.04. The first-order chi connectivity index (χ1) is 13.5. The number of rotatable bonds is 7. The summed E-state index contributed by atoms with van der Waals surface area (Å²) in [4.78, 5) is 17.7. The van der Waals surface area contributed by atoms with Crippen LogP contribution in [0, 0.1) is 0 Å². The van der Waals surface area contributed by atoms with E-state index < -0.39 is 0 Å². The Bertz CT molecular complexity index is 1010. The van der Waals surface area contributed by atoms with Crippen molar-refractivity contribution in [3.05, 3.63) is 52.5 Å². The maximum absolute atomic E-state index is 8.82. The van der Waals surface area contributed by atoms with Crippen molar-refractivity contribution in [2.24, 2.45) is 5.11 Å². The Hall–Kier alpha value is -2.61. The molecule has 0 saturated carbocycles. The van der Waals surface area contributed by atoms with Gasteiger partial charge in [0.15, 0.2) is 10.3 Å². The van der Waals surface area contributed by atoms with E-state index in [2.05, 4.69) is 39.2 Å². The number of thioether (sulfide) groups is 1. The molecule has 0 amide bonds. The van der Waals surface area contributed by atoms with Crippen molar-refractivity contribution in [2.45, 2.75) is 38.0 Å². The maximum atomic E-state index is 8.82. The molecule has 0 aliphatic heterocycles. The van der Waals surface area contributed by atoms with Crippen molar-refractivity contribution in [1.29, 1.82) is 0 Å². The van der Waals surface area contributed by atoms with Gasteiger partial charge in [0.25, 0.3) is 0 Å². The summed E-state index contributed by atoms with van der Waals surface area (Å²) in [6, 6.07) is 9.85. The number of aromatic nitrogens is 3. The van der Waals surface area contributed by atoms with Crippen molar-refractivity contribution in [3.63, 3.8) is 0 Å². The lowest BCUT2D eigenvalue weighted by Crippen LogP contribution is -2.08. The van der Waals surface area contributed by atoms with Crippen molar-refractivity contribution < 1.29 is 0 Å². The molecule has 0 aliphatic rings. The zero-order valence-corrected chi connectivity index (χ0v) is 17.8. The van der Waals surface area contributed by atoms with Gasteiger partial charge >= 0.3 is 0 Å². The molecule has 0 aliphatic carbocycles. The van der Waals surface area contributed by atoms with Crippen molar-refractivity contribution in [3.8, 4) is 21.8 Å². The fourth-order valence-corrected chi connectivity index (χ4v) is 4.02. The van der Waals surface area contributed by atoms with Crippen molar-refractivity contribution in [1.82, 2.24) is 15.0 Å². The number of anilines is 1. The van der Waals surface area contributed by atoms with Crippen LogP contribution in [-0.4, -0.2) is 27.2 Å². The number of nitrogens with zero attached hydrogens (tertiary/aromatic N) is 6. The van der Waals surface area contributed by atoms with Crippen molar-refractivity contribution in [2.75, 3.05) is 11.6 Å². The second kappa shape index (κ2) is 9.05. The highest BCUT2D eigenvalue weighted by atomic mass is 32.2. The van der Waals surface area contributed by atoms with E-state index in [1.165, 1.54) is 11.8 Å². The number of hydrogen-bond donors (Lipinski definition) is 1. The Morgan fingerprint density at radius 3 is 2.64 bits per heavy atom. The third-order valence-corrected chi connectivity index (χ3v) is 5.47. The lowest BCUT2D eigenvalue weighted by atomic mass is 9.99. The molecule has 3 rings (SSSR count). The molecule has 7 nitrogen and oxygen atoms in total. The van der Waals surface area contributed by atoms with Crippen LogP contribution in [0.2, 0.25) is 0 Å². The average molecular weight is 412 g/mol. The zero-order valence-electron chi connectivity index (χ0n) is 16.1. The highest BCUT2D eigenvalue weighted by Crippen LogP contribution is 2.34. The van der Waals surface area contributed by atoms with Crippen LogP contribution in [0.1, 0.15) is 32.4 Å². The lowest BCUT2D eigenvalue weighted by molar-refractivity contribution is 0.808. The van der Waals surface area contributed by atoms with Crippen LogP contribution >= 0.6 is 23.1 Å². The normalized spacial score (nSPS) is 11.9. The van der Waals surface area contributed by atoms with Crippen LogP contribution in [0.3, 0.4) is 0 Å². The van der Waals surface area contributed by atoms with Gasteiger partial charge in [-0.05, 0) is 37.3 Å². The SMILES string of the molecule is CSc1nc(-c2cnc(NC(C)C)s2)cc(-c2ccccc2C(C)N=[N+]=[N-])n1. The molecular weight excluding hydrogens is 390 g/mol. The van der Waals surface area contributed by atoms with Gasteiger partial charge in [-0.15, -0.1) is 0 Å². The summed E-state index contributed by atoms with van der Waals surface area (Å²) >= 11 is 3.06. The van der Waals surface area contributed by atoms with Crippen LogP contribution in [-0.2, 0) is 0 Å². The topological polar surface area (TPSA) is 99.5 Å². The molecule has 1 atom stereocenters. The lowest BCUT2D eigenvalue weighted by Gasteiger charge is -2.13. The van der Waals surface area contributed by atoms with Crippen LogP contribution in [0.4, 0.5) is 5.13 Å². The fourth-order valence-electron chi connectivity index (χ4n) is 2.72. The molecule has 9 heteroatoms. The van der Waals surface area contributed by atoms with Crippen LogP contribution in [0.25, 0.3) is 32.3 Å². The highest BCUT2D eigenvalue weighted by Gasteiger charge is 2.15. The Labute approximate surface area is 172 Å². The minimum absolute atomic E-state index is 0.289. The molecule has 0 spiro atoms. The van der Waals surface area contributed by atoms with E-state index >= 15 is 0 Å². The molecule has 2 heterocycles. The Morgan fingerprint density at radius 2 is 1.93 bits per heavy atom. The number of hydrogen-bond acceptors (Lipinski definition) is 7. The van der Waals surface area contributed by atoms with Gasteiger partial charge < -0.3 is 5.32 Å². The standard InChI is InChI=1S/C19H21N7S2/c1-11(2)22-18-21-10-17(28-18)16-9-15(23-19(24-16)27-4)14-8-6-5-7-13(14)12(3)25-26-20/h5-12H,1-4H3,(H,21,22). The molecule has 3 aromatic rings. The van der Waals surface area contributed by atoms with Gasteiger partial charge in [0.2, 0.25) is 0 Å². The molecule has 0 bridgehead atoms. The monoisotopic (exact) mass is 411 g/mol. The second-order valence-electron chi connectivity index (χ2n) is 6.42. The molecule has 1 unspecified atom stereocenters. The molecule has 1 N–H and O–H groups in total. The molecule has 2 aromatic heterocycles. The first-order valence-electron chi connectivity index (χ1n) is 8.81. The number of benzene rings is 1. The second-order valence-corrected chi connectivity index (χ2v) is 8.23. The average Bonchev–Trinajstić information content (AvgIpc) is 3.15. The summed E-state index contributed by atoms with van der Waals surface area (Å²) < 4.78 is 0. The summed E-state index contributed by atoms with van der Waals surface area (Å²) in [5.41, 5.74) is 12.3. The Morgan fingerprint density at radius 1 is 1.18 bits per heavy atom. The van der Waals surface area contributed by atoms with Gasteiger partial charge in [0.1, 0.15) is 0 Å². The quantitative estimate of drug-likeness (QED) is 0.164. The molecule has 0 saturated heterocycles. The van der Waals surface area contributed by atoms with E-state index in [9.17, 15) is 0 Å². The summed E-state index contributed by atoms with van der Waals surface area (Å²) in [7, 11) is 0. The van der Waals surface area contributed by atoms with Crippen molar-refractivity contribution >= 4 is 28.2 Å². The Kier molecular flexibility index (Phi) is 6.51. The third-order valence-electron chi connectivity index (χ3n) is 3.97. The van der Waals surface area contributed by atoms with E-state index in [4.69, 9.17) is 10.5 Å². The molecule has 0 radical (unpaired) electrons. The van der Waals surface area contributed by atoms with Gasteiger partial charge in [0, 0.05) is 22.7 Å². The van der Waals surface area contributed by atoms with Gasteiger partial charge in [-0.3, -0.25) is 0 Å². The molecule has 144 valence electrons. The molecule has 0 fully saturated rings. The first-order valence-corrected chi connectivity index (χ1v) is 10.8. The number of azide groups is 1. The van der Waals surface area contributed by atoms with Crippen LogP contribution < -0.4 is 5.32 Å².